The van der Waals surface area contributed by atoms with E-state index >= 15 is 0 Å². The van der Waals surface area contributed by atoms with E-state index in [1.54, 1.807) is 11.0 Å². The molecule has 3 heterocycles. The first kappa shape index (κ1) is 27.6. The Morgan fingerprint density at radius 2 is 1.63 bits per heavy atom. The van der Waals surface area contributed by atoms with Crippen molar-refractivity contribution in [2.24, 2.45) is 0 Å². The van der Waals surface area contributed by atoms with Crippen molar-refractivity contribution in [2.45, 2.75) is 13.5 Å². The zero-order valence-corrected chi connectivity index (χ0v) is 22.6. The first-order valence-electron chi connectivity index (χ1n) is 13.3. The molecule has 2 aromatic heterocycles. The topological polar surface area (TPSA) is 142 Å². The van der Waals surface area contributed by atoms with Crippen molar-refractivity contribution < 1.29 is 24.0 Å². The number of aromatic nitrogens is 3. The van der Waals surface area contributed by atoms with Gasteiger partial charge in [-0.05, 0) is 11.6 Å². The molecule has 0 saturated carbocycles. The number of rotatable bonds is 9. The van der Waals surface area contributed by atoms with Gasteiger partial charge in [-0.1, -0.05) is 60.7 Å². The second kappa shape index (κ2) is 12.9. The summed E-state index contributed by atoms with van der Waals surface area (Å²) in [7, 11) is 0. The highest BCUT2D eigenvalue weighted by Crippen LogP contribution is 2.26. The van der Waals surface area contributed by atoms with Crippen LogP contribution in [0.25, 0.3) is 22.4 Å². The minimum atomic E-state index is -0.782. The molecule has 4 aromatic rings. The van der Waals surface area contributed by atoms with E-state index in [0.29, 0.717) is 67.6 Å². The number of hydrogen-bond donors (Lipinski definition) is 3. The number of aromatic amines is 1. The molecule has 1 saturated heterocycles. The Bertz CT molecular complexity index is 1500. The molecular formula is C29H31N7O5. The Morgan fingerprint density at radius 1 is 0.927 bits per heavy atom. The number of H-pyrrole nitrogens is 1. The molecule has 212 valence electrons. The highest BCUT2D eigenvalue weighted by molar-refractivity contribution is 6.00. The number of nitrogens with one attached hydrogen (secondary N) is 3. The molecule has 0 spiro atoms. The highest BCUT2D eigenvalue weighted by atomic mass is 16.8. The maximum Gasteiger partial charge on any atom is 0.528 e. The van der Waals surface area contributed by atoms with E-state index in [1.165, 1.54) is 12.0 Å². The van der Waals surface area contributed by atoms with Gasteiger partial charge in [0.05, 0.1) is 18.5 Å². The van der Waals surface area contributed by atoms with Crippen LogP contribution in [0, 0.1) is 0 Å². The number of carbonyl (C=O) groups excluding carboxylic acids is 3. The second-order valence-electron chi connectivity index (χ2n) is 9.45. The lowest BCUT2D eigenvalue weighted by Crippen LogP contribution is -2.49. The van der Waals surface area contributed by atoms with Crippen LogP contribution >= 0.6 is 0 Å². The number of carbonyl (C=O) groups is 3. The molecule has 0 aliphatic carbocycles. The summed E-state index contributed by atoms with van der Waals surface area (Å²) in [6.45, 7) is 3.88. The number of amides is 2. The summed E-state index contributed by atoms with van der Waals surface area (Å²) >= 11 is 0. The largest absolute Gasteiger partial charge is 0.528 e. The first-order valence-corrected chi connectivity index (χ1v) is 13.3. The maximum atomic E-state index is 13.4. The molecule has 1 aliphatic rings. The fourth-order valence-electron chi connectivity index (χ4n) is 4.40. The van der Waals surface area contributed by atoms with Gasteiger partial charge in [0.1, 0.15) is 23.8 Å². The lowest BCUT2D eigenvalue weighted by Gasteiger charge is -2.32. The van der Waals surface area contributed by atoms with E-state index in [4.69, 9.17) is 14.6 Å². The molecule has 2 aromatic carbocycles. The summed E-state index contributed by atoms with van der Waals surface area (Å²) in [6.07, 6.45) is -0.782. The quantitative estimate of drug-likeness (QED) is 0.209. The van der Waals surface area contributed by atoms with Crippen LogP contribution in [0.1, 0.15) is 23.0 Å². The Morgan fingerprint density at radius 3 is 2.34 bits per heavy atom. The van der Waals surface area contributed by atoms with E-state index in [0.717, 1.165) is 11.1 Å². The Balaban J connectivity index is 1.23. The van der Waals surface area contributed by atoms with Gasteiger partial charge in [0.2, 0.25) is 5.91 Å². The molecule has 41 heavy (non-hydrogen) atoms. The number of piperazine rings is 1. The van der Waals surface area contributed by atoms with Crippen LogP contribution in [-0.4, -0.2) is 82.2 Å². The smallest absolute Gasteiger partial charge is 0.428 e. The summed E-state index contributed by atoms with van der Waals surface area (Å²) < 4.78 is 5.18. The molecule has 1 aliphatic heterocycles. The molecule has 0 atom stereocenters. The predicted molar refractivity (Wildman–Crippen MR) is 152 cm³/mol. The lowest BCUT2D eigenvalue weighted by atomic mass is 10.2. The van der Waals surface area contributed by atoms with Crippen molar-refractivity contribution in [1.29, 1.82) is 0 Å². The summed E-state index contributed by atoms with van der Waals surface area (Å²) in [5.74, 6) is 0.751. The minimum absolute atomic E-state index is 0.117. The van der Waals surface area contributed by atoms with Crippen LogP contribution in [0.4, 0.5) is 10.6 Å². The molecule has 0 bridgehead atoms. The standard InChI is InChI=1S/C29H31N7O5/c1-20(37)30-12-13-31-26-23-18-24(32-27(23)34-25(33-26)22-10-6-3-7-11-22)28(38)35-14-16-36(17-15-35)41-29(39)40-19-21-8-4-2-5-9-21/h2-11,18H,12-17,19H2,1H3,(H,30,37)(H2,31,32,33,34). The van der Waals surface area contributed by atoms with Gasteiger partial charge in [-0.2, -0.15) is 0 Å². The van der Waals surface area contributed by atoms with Crippen LogP contribution in [0.2, 0.25) is 0 Å². The molecule has 12 heteroatoms. The van der Waals surface area contributed by atoms with Crippen LogP contribution in [0.3, 0.4) is 0 Å². The third-order valence-electron chi connectivity index (χ3n) is 6.47. The lowest BCUT2D eigenvalue weighted by molar-refractivity contribution is -0.144. The van der Waals surface area contributed by atoms with Gasteiger partial charge in [-0.25, -0.2) is 14.8 Å². The number of anilines is 1. The predicted octanol–water partition coefficient (Wildman–Crippen LogP) is 3.20. The summed E-state index contributed by atoms with van der Waals surface area (Å²) in [4.78, 5) is 56.2. The zero-order chi connectivity index (χ0) is 28.6. The van der Waals surface area contributed by atoms with E-state index in [2.05, 4.69) is 20.6 Å². The number of hydrogen-bond acceptors (Lipinski definition) is 9. The fraction of sp³-hybridized carbons (Fsp3) is 0.276. The van der Waals surface area contributed by atoms with Crippen molar-refractivity contribution >= 4 is 34.8 Å². The maximum absolute atomic E-state index is 13.4. The number of fused-ring (bicyclic) bond motifs is 1. The van der Waals surface area contributed by atoms with Crippen molar-refractivity contribution in [1.82, 2.24) is 30.2 Å². The van der Waals surface area contributed by atoms with Crippen LogP contribution in [0.15, 0.2) is 66.7 Å². The summed E-state index contributed by atoms with van der Waals surface area (Å²) in [5, 5.41) is 8.16. The second-order valence-corrected chi connectivity index (χ2v) is 9.45. The normalized spacial score (nSPS) is 13.5. The van der Waals surface area contributed by atoms with Crippen LogP contribution in [-0.2, 0) is 21.0 Å². The van der Waals surface area contributed by atoms with Crippen molar-refractivity contribution in [3.05, 3.63) is 78.0 Å². The van der Waals surface area contributed by atoms with Gasteiger partial charge in [-0.15, -0.1) is 5.06 Å². The Hall–Kier alpha value is -4.97. The Labute approximate surface area is 236 Å². The monoisotopic (exact) mass is 557 g/mol. The van der Waals surface area contributed by atoms with E-state index in [9.17, 15) is 14.4 Å². The van der Waals surface area contributed by atoms with E-state index in [-0.39, 0.29) is 18.4 Å². The molecule has 2 amide bonds. The summed E-state index contributed by atoms with van der Waals surface area (Å²) in [6, 6.07) is 20.6. The van der Waals surface area contributed by atoms with Crippen molar-refractivity contribution in [2.75, 3.05) is 44.6 Å². The molecule has 5 rings (SSSR count). The molecular weight excluding hydrogens is 526 g/mol. The van der Waals surface area contributed by atoms with Crippen LogP contribution < -0.4 is 10.6 Å². The van der Waals surface area contributed by atoms with Gasteiger partial charge in [0.25, 0.3) is 5.91 Å². The minimum Gasteiger partial charge on any atom is -0.428 e. The zero-order valence-electron chi connectivity index (χ0n) is 22.6. The van der Waals surface area contributed by atoms with E-state index < -0.39 is 6.16 Å². The third kappa shape index (κ3) is 7.17. The van der Waals surface area contributed by atoms with E-state index in [1.807, 2.05) is 60.7 Å². The van der Waals surface area contributed by atoms with Gasteiger partial charge in [0.15, 0.2) is 5.82 Å². The molecule has 12 nitrogen and oxygen atoms in total. The average molecular weight is 558 g/mol. The van der Waals surface area contributed by atoms with Gasteiger partial charge in [-0.3, -0.25) is 9.59 Å². The number of benzene rings is 2. The first-order chi connectivity index (χ1) is 20.0. The van der Waals surface area contributed by atoms with Gasteiger partial charge < -0.3 is 30.1 Å². The molecule has 0 radical (unpaired) electrons. The SMILES string of the molecule is CC(=O)NCCNc1nc(-c2ccccc2)nc2[nH]c(C(=O)N3CCN(OC(=O)OCc4ccccc4)CC3)cc12. The number of hydroxylamine groups is 2. The average Bonchev–Trinajstić information content (AvgIpc) is 3.44. The number of nitrogens with zero attached hydrogens (tertiary/aromatic N) is 4. The highest BCUT2D eigenvalue weighted by Gasteiger charge is 2.26. The number of ether oxygens (including phenoxy) is 1. The van der Waals surface area contributed by atoms with Crippen molar-refractivity contribution in [3.63, 3.8) is 0 Å². The molecule has 1 fully saturated rings. The molecule has 0 unspecified atom stereocenters. The fourth-order valence-corrected chi connectivity index (χ4v) is 4.40. The van der Waals surface area contributed by atoms with Gasteiger partial charge >= 0.3 is 6.16 Å². The summed E-state index contributed by atoms with van der Waals surface area (Å²) in [5.41, 5.74) is 2.60. The third-order valence-corrected chi connectivity index (χ3v) is 6.47. The van der Waals surface area contributed by atoms with Gasteiger partial charge in [0, 0.05) is 38.7 Å². The van der Waals surface area contributed by atoms with Crippen molar-refractivity contribution in [3.8, 4) is 11.4 Å². The Kier molecular flexibility index (Phi) is 8.70. The van der Waals surface area contributed by atoms with Crippen LogP contribution in [0.5, 0.6) is 0 Å². The molecule has 3 N–H and O–H groups in total.